The predicted molar refractivity (Wildman–Crippen MR) is 116 cm³/mol. The van der Waals surface area contributed by atoms with Crippen LogP contribution >= 0.6 is 0 Å². The predicted octanol–water partition coefficient (Wildman–Crippen LogP) is 5.48. The molecule has 0 aliphatic carbocycles. The number of benzene rings is 4. The average Bonchev–Trinajstić information content (AvgIpc) is 2.72. The lowest BCUT2D eigenvalue weighted by Crippen LogP contribution is -2.14. The van der Waals surface area contributed by atoms with E-state index in [9.17, 15) is 26.4 Å². The lowest BCUT2D eigenvalue weighted by atomic mass is 10.1. The van der Waals surface area contributed by atoms with Crippen LogP contribution in [-0.4, -0.2) is 14.3 Å². The summed E-state index contributed by atoms with van der Waals surface area (Å²) >= 11 is 0. The van der Waals surface area contributed by atoms with E-state index in [1.54, 1.807) is 24.3 Å². The minimum absolute atomic E-state index is 0.157. The summed E-state index contributed by atoms with van der Waals surface area (Å²) in [7, 11) is -4.10. The van der Waals surface area contributed by atoms with Gasteiger partial charge in [-0.05, 0) is 52.7 Å². The number of carbonyl (C=O) groups excluding carboxylic acids is 1. The van der Waals surface area contributed by atoms with Crippen molar-refractivity contribution >= 4 is 32.2 Å². The number of hydrogen-bond donors (Lipinski definition) is 1. The molecular formula is C24H16F3NO3S. The van der Waals surface area contributed by atoms with Crippen molar-refractivity contribution in [3.8, 4) is 0 Å². The molecule has 0 aromatic heterocycles. The quantitative estimate of drug-likeness (QED) is 0.405. The van der Waals surface area contributed by atoms with Crippen LogP contribution in [0.3, 0.4) is 0 Å². The van der Waals surface area contributed by atoms with Gasteiger partial charge < -0.3 is 5.32 Å². The highest BCUT2D eigenvalue weighted by Crippen LogP contribution is 2.23. The molecule has 0 radical (unpaired) electrons. The molecule has 0 heterocycles. The number of halogens is 3. The van der Waals surface area contributed by atoms with E-state index in [1.165, 1.54) is 36.4 Å². The summed E-state index contributed by atoms with van der Waals surface area (Å²) in [6.45, 7) is 0. The van der Waals surface area contributed by atoms with Gasteiger partial charge in [0, 0.05) is 11.8 Å². The highest BCUT2D eigenvalue weighted by atomic mass is 32.2. The first-order valence-electron chi connectivity index (χ1n) is 9.49. The Kier molecular flexibility index (Phi) is 5.71. The molecule has 4 nitrogen and oxygen atoms in total. The second-order valence-corrected chi connectivity index (χ2v) is 9.13. The van der Waals surface area contributed by atoms with Crippen molar-refractivity contribution in [2.75, 3.05) is 5.32 Å². The largest absolute Gasteiger partial charge is 0.322 e. The lowest BCUT2D eigenvalue weighted by molar-refractivity contribution is 0.102. The van der Waals surface area contributed by atoms with E-state index in [4.69, 9.17) is 0 Å². The van der Waals surface area contributed by atoms with E-state index < -0.39 is 43.8 Å². The number of fused-ring (bicyclic) bond motifs is 1. The standard InChI is InChI=1S/C24H16F3NO3S/c25-18-8-9-23(22(27)13-18)32(30,31)14-15-4-3-7-19(10-15)28-24(29)20-11-16-5-1-2-6-17(16)12-21(20)26/h1-13H,14H2,(H,28,29). The Balaban J connectivity index is 1.57. The molecule has 4 rings (SSSR count). The van der Waals surface area contributed by atoms with Gasteiger partial charge in [0.2, 0.25) is 0 Å². The van der Waals surface area contributed by atoms with Crippen molar-refractivity contribution < 1.29 is 26.4 Å². The SMILES string of the molecule is O=C(Nc1cccc(CS(=O)(=O)c2ccc(F)cc2F)c1)c1cc2ccccc2cc1F. The number of rotatable bonds is 5. The topological polar surface area (TPSA) is 63.2 Å². The Bertz CT molecular complexity index is 1450. The average molecular weight is 455 g/mol. The summed E-state index contributed by atoms with van der Waals surface area (Å²) < 4.78 is 66.6. The van der Waals surface area contributed by atoms with Crippen LogP contribution in [0.4, 0.5) is 18.9 Å². The summed E-state index contributed by atoms with van der Waals surface area (Å²) in [5, 5.41) is 3.90. The maximum atomic E-state index is 14.4. The zero-order chi connectivity index (χ0) is 22.9. The van der Waals surface area contributed by atoms with Crippen molar-refractivity contribution in [2.24, 2.45) is 0 Å². The Morgan fingerprint density at radius 1 is 0.781 bits per heavy atom. The summed E-state index contributed by atoms with van der Waals surface area (Å²) in [6, 6.07) is 17.9. The third-order valence-electron chi connectivity index (χ3n) is 4.85. The number of hydrogen-bond acceptors (Lipinski definition) is 3. The number of amides is 1. The van der Waals surface area contributed by atoms with Crippen molar-refractivity contribution in [1.29, 1.82) is 0 Å². The first-order chi connectivity index (χ1) is 15.2. The molecule has 0 unspecified atom stereocenters. The van der Waals surface area contributed by atoms with Crippen molar-refractivity contribution in [3.63, 3.8) is 0 Å². The van der Waals surface area contributed by atoms with Gasteiger partial charge in [0.1, 0.15) is 22.3 Å². The molecule has 4 aromatic carbocycles. The van der Waals surface area contributed by atoms with Crippen LogP contribution in [0.15, 0.2) is 83.8 Å². The van der Waals surface area contributed by atoms with E-state index in [1.807, 2.05) is 0 Å². The fraction of sp³-hybridized carbons (Fsp3) is 0.0417. The molecule has 1 amide bonds. The lowest BCUT2D eigenvalue weighted by Gasteiger charge is -2.10. The maximum Gasteiger partial charge on any atom is 0.258 e. The van der Waals surface area contributed by atoms with Gasteiger partial charge in [-0.2, -0.15) is 0 Å². The second-order valence-electron chi connectivity index (χ2n) is 7.17. The Morgan fingerprint density at radius 2 is 1.50 bits per heavy atom. The fourth-order valence-corrected chi connectivity index (χ4v) is 4.75. The molecule has 162 valence electrons. The van der Waals surface area contributed by atoms with Crippen molar-refractivity contribution in [2.45, 2.75) is 10.6 Å². The molecule has 0 aliphatic rings. The molecule has 0 fully saturated rings. The van der Waals surface area contributed by atoms with Crippen LogP contribution in [0.5, 0.6) is 0 Å². The van der Waals surface area contributed by atoms with Gasteiger partial charge in [-0.3, -0.25) is 4.79 Å². The number of carbonyl (C=O) groups is 1. The van der Waals surface area contributed by atoms with E-state index >= 15 is 0 Å². The van der Waals surface area contributed by atoms with E-state index in [0.717, 1.165) is 12.1 Å². The summed E-state index contributed by atoms with van der Waals surface area (Å²) in [5.41, 5.74) is 0.357. The van der Waals surface area contributed by atoms with Crippen LogP contribution in [0.1, 0.15) is 15.9 Å². The highest BCUT2D eigenvalue weighted by molar-refractivity contribution is 7.90. The highest BCUT2D eigenvalue weighted by Gasteiger charge is 2.21. The van der Waals surface area contributed by atoms with Gasteiger partial charge in [-0.15, -0.1) is 0 Å². The van der Waals surface area contributed by atoms with E-state index in [2.05, 4.69) is 5.32 Å². The fourth-order valence-electron chi connectivity index (χ4n) is 3.35. The molecule has 1 N–H and O–H groups in total. The number of anilines is 1. The summed E-state index contributed by atoms with van der Waals surface area (Å²) in [4.78, 5) is 12.0. The van der Waals surface area contributed by atoms with Gasteiger partial charge >= 0.3 is 0 Å². The molecule has 0 atom stereocenters. The number of sulfone groups is 1. The van der Waals surface area contributed by atoms with Crippen molar-refractivity contribution in [3.05, 3.63) is 107 Å². The minimum Gasteiger partial charge on any atom is -0.322 e. The molecule has 0 saturated heterocycles. The zero-order valence-electron chi connectivity index (χ0n) is 16.5. The van der Waals surface area contributed by atoms with Crippen LogP contribution in [0, 0.1) is 17.5 Å². The molecule has 0 bridgehead atoms. The Labute approximate surface area is 182 Å². The number of nitrogens with one attached hydrogen (secondary N) is 1. The summed E-state index contributed by atoms with van der Waals surface area (Å²) in [5.74, 6) is -4.01. The summed E-state index contributed by atoms with van der Waals surface area (Å²) in [6.07, 6.45) is 0. The Hall–Kier alpha value is -3.65. The molecular weight excluding hydrogens is 439 g/mol. The third-order valence-corrected chi connectivity index (χ3v) is 6.57. The molecule has 4 aromatic rings. The normalized spacial score (nSPS) is 11.5. The molecule has 0 aliphatic heterocycles. The smallest absolute Gasteiger partial charge is 0.258 e. The second kappa shape index (κ2) is 8.47. The van der Waals surface area contributed by atoms with E-state index in [0.29, 0.717) is 16.8 Å². The van der Waals surface area contributed by atoms with Gasteiger partial charge in [0.25, 0.3) is 5.91 Å². The van der Waals surface area contributed by atoms with Gasteiger partial charge in [0.05, 0.1) is 11.3 Å². The van der Waals surface area contributed by atoms with Crippen LogP contribution in [0.25, 0.3) is 10.8 Å². The van der Waals surface area contributed by atoms with E-state index in [-0.39, 0.29) is 16.8 Å². The van der Waals surface area contributed by atoms with Gasteiger partial charge in [0.15, 0.2) is 9.84 Å². The van der Waals surface area contributed by atoms with Crippen LogP contribution in [-0.2, 0) is 15.6 Å². The molecule has 0 spiro atoms. The molecule has 0 saturated carbocycles. The monoisotopic (exact) mass is 455 g/mol. The third kappa shape index (κ3) is 4.50. The molecule has 32 heavy (non-hydrogen) atoms. The van der Waals surface area contributed by atoms with Crippen LogP contribution in [0.2, 0.25) is 0 Å². The first kappa shape index (κ1) is 21.6. The maximum absolute atomic E-state index is 14.4. The van der Waals surface area contributed by atoms with Crippen molar-refractivity contribution in [1.82, 2.24) is 0 Å². The Morgan fingerprint density at radius 3 is 2.22 bits per heavy atom. The van der Waals surface area contributed by atoms with Crippen LogP contribution < -0.4 is 5.32 Å². The van der Waals surface area contributed by atoms with Gasteiger partial charge in [-0.1, -0.05) is 36.4 Å². The molecule has 8 heteroatoms. The zero-order valence-corrected chi connectivity index (χ0v) is 17.3. The minimum atomic E-state index is -4.10. The first-order valence-corrected chi connectivity index (χ1v) is 11.1. The van der Waals surface area contributed by atoms with Gasteiger partial charge in [-0.25, -0.2) is 21.6 Å².